The van der Waals surface area contributed by atoms with Crippen molar-refractivity contribution >= 4 is 11.0 Å². The van der Waals surface area contributed by atoms with Crippen LogP contribution in [0, 0.1) is 11.3 Å². The molecule has 5 rings (SSSR count). The Morgan fingerprint density at radius 1 is 1.43 bits per heavy atom. The van der Waals surface area contributed by atoms with Gasteiger partial charge >= 0.3 is 0 Å². The smallest absolute Gasteiger partial charge is 0.188 e. The van der Waals surface area contributed by atoms with Gasteiger partial charge in [-0.2, -0.15) is 5.26 Å². The molecule has 1 aromatic heterocycles. The average Bonchev–Trinajstić information content (AvgIpc) is 3.09. The van der Waals surface area contributed by atoms with E-state index in [4.69, 9.17) is 9.47 Å². The summed E-state index contributed by atoms with van der Waals surface area (Å²) >= 11 is 0. The first-order chi connectivity index (χ1) is 10.2. The van der Waals surface area contributed by atoms with E-state index in [1.54, 1.807) is 0 Å². The summed E-state index contributed by atoms with van der Waals surface area (Å²) in [6.45, 7) is 0.446. The van der Waals surface area contributed by atoms with Crippen LogP contribution in [-0.2, 0) is 9.47 Å². The molecule has 5 atom stereocenters. The first-order valence-corrected chi connectivity index (χ1v) is 7.08. The molecule has 3 aliphatic heterocycles. The predicted molar refractivity (Wildman–Crippen MR) is 71.3 cm³/mol. The van der Waals surface area contributed by atoms with Gasteiger partial charge in [-0.3, -0.25) is 0 Å². The molecule has 106 valence electrons. The highest BCUT2D eigenvalue weighted by atomic mass is 16.7. The predicted octanol–water partition coefficient (Wildman–Crippen LogP) is 1.07. The van der Waals surface area contributed by atoms with Gasteiger partial charge in [-0.1, -0.05) is 12.1 Å². The molecule has 1 aromatic carbocycles. The number of rotatable bonds is 0. The molecule has 0 spiro atoms. The van der Waals surface area contributed by atoms with Gasteiger partial charge in [0.05, 0.1) is 29.8 Å². The Balaban J connectivity index is 1.85. The maximum atomic E-state index is 11.0. The van der Waals surface area contributed by atoms with Gasteiger partial charge in [-0.15, -0.1) is 0 Å². The normalized spacial score (nSPS) is 40.0. The van der Waals surface area contributed by atoms with E-state index in [1.807, 2.05) is 24.3 Å². The molecular formula is C15H13N3O3. The molecule has 1 N–H and O–H groups in total. The Hall–Kier alpha value is -1.94. The third-order valence-corrected chi connectivity index (χ3v) is 4.93. The molecule has 2 fully saturated rings. The van der Waals surface area contributed by atoms with E-state index in [0.29, 0.717) is 18.9 Å². The molecule has 4 heterocycles. The molecule has 0 radical (unpaired) electrons. The number of aromatic nitrogens is 2. The van der Waals surface area contributed by atoms with Gasteiger partial charge in [-0.25, -0.2) is 4.98 Å². The van der Waals surface area contributed by atoms with Crippen LogP contribution in [0.4, 0.5) is 0 Å². The topological polar surface area (TPSA) is 80.3 Å². The summed E-state index contributed by atoms with van der Waals surface area (Å²) in [5.41, 5.74) is 0.513. The lowest BCUT2D eigenvalue weighted by Crippen LogP contribution is -2.57. The number of nitriles is 1. The van der Waals surface area contributed by atoms with Crippen LogP contribution in [-0.4, -0.2) is 39.3 Å². The molecular weight excluding hydrogens is 270 g/mol. The van der Waals surface area contributed by atoms with Gasteiger partial charge in [0.25, 0.3) is 0 Å². The Morgan fingerprint density at radius 2 is 2.29 bits per heavy atom. The zero-order chi connectivity index (χ0) is 14.2. The van der Waals surface area contributed by atoms with Crippen molar-refractivity contribution < 1.29 is 14.6 Å². The van der Waals surface area contributed by atoms with Crippen molar-refractivity contribution in [3.63, 3.8) is 0 Å². The highest BCUT2D eigenvalue weighted by molar-refractivity contribution is 5.76. The molecule has 2 saturated heterocycles. The summed E-state index contributed by atoms with van der Waals surface area (Å²) in [5, 5.41) is 20.6. The lowest BCUT2D eigenvalue weighted by Gasteiger charge is -2.47. The molecule has 2 aromatic rings. The van der Waals surface area contributed by atoms with E-state index in [2.05, 4.69) is 15.6 Å². The van der Waals surface area contributed by atoms with Gasteiger partial charge in [0.2, 0.25) is 0 Å². The Labute approximate surface area is 120 Å². The van der Waals surface area contributed by atoms with Crippen molar-refractivity contribution in [2.75, 3.05) is 6.61 Å². The number of benzene rings is 1. The van der Waals surface area contributed by atoms with Crippen LogP contribution in [0.25, 0.3) is 11.0 Å². The molecule has 0 saturated carbocycles. The molecule has 0 unspecified atom stereocenters. The summed E-state index contributed by atoms with van der Waals surface area (Å²) in [6, 6.07) is 9.97. The fourth-order valence-electron chi connectivity index (χ4n) is 3.97. The van der Waals surface area contributed by atoms with Crippen LogP contribution >= 0.6 is 0 Å². The number of nitrogens with zero attached hydrogens (tertiary/aromatic N) is 3. The van der Waals surface area contributed by atoms with E-state index >= 15 is 0 Å². The quantitative estimate of drug-likeness (QED) is 0.782. The van der Waals surface area contributed by atoms with Crippen LogP contribution in [0.3, 0.4) is 0 Å². The summed E-state index contributed by atoms with van der Waals surface area (Å²) in [5.74, 6) is -0.119. The minimum Gasteiger partial charge on any atom is -0.383 e. The van der Waals surface area contributed by atoms with E-state index < -0.39 is 17.8 Å². The number of aliphatic hydroxyl groups is 1. The molecule has 6 heteroatoms. The number of fused-ring (bicyclic) bond motifs is 10. The summed E-state index contributed by atoms with van der Waals surface area (Å²) in [6.07, 6.45) is -0.350. The van der Waals surface area contributed by atoms with Gasteiger partial charge in [0.1, 0.15) is 23.4 Å². The molecule has 3 aliphatic rings. The van der Waals surface area contributed by atoms with Crippen molar-refractivity contribution in [3.05, 3.63) is 30.1 Å². The Morgan fingerprint density at radius 3 is 3.14 bits per heavy atom. The number of para-hydroxylation sites is 2. The van der Waals surface area contributed by atoms with Crippen molar-refractivity contribution in [2.24, 2.45) is 0 Å². The van der Waals surface area contributed by atoms with E-state index in [-0.39, 0.29) is 12.1 Å². The standard InChI is InChI=1S/C15H13N3O3/c16-6-8-13-17-9-3-1-2-4-10(9)18(13)11-5-15(8,19)14-20-7-12(11)21-14/h1-4,8,11-12,14,19H,5,7H2/t8-,11+,12-,14+,15+/m1/s1. The van der Waals surface area contributed by atoms with E-state index in [1.165, 1.54) is 0 Å². The van der Waals surface area contributed by atoms with Crippen LogP contribution in [0.15, 0.2) is 24.3 Å². The molecule has 0 aliphatic carbocycles. The fourth-order valence-corrected chi connectivity index (χ4v) is 3.97. The average molecular weight is 283 g/mol. The monoisotopic (exact) mass is 283 g/mol. The summed E-state index contributed by atoms with van der Waals surface area (Å²) < 4.78 is 13.4. The number of ether oxygens (including phenoxy) is 2. The number of imidazole rings is 1. The second-order valence-corrected chi connectivity index (χ2v) is 5.99. The summed E-state index contributed by atoms with van der Waals surface area (Å²) in [7, 11) is 0. The zero-order valence-corrected chi connectivity index (χ0v) is 11.1. The van der Waals surface area contributed by atoms with Crippen molar-refractivity contribution in [1.82, 2.24) is 9.55 Å². The Bertz CT molecular complexity index is 795. The second kappa shape index (κ2) is 3.63. The van der Waals surface area contributed by atoms with E-state index in [0.717, 1.165) is 11.0 Å². The van der Waals surface area contributed by atoms with Crippen LogP contribution in [0.5, 0.6) is 0 Å². The second-order valence-electron chi connectivity index (χ2n) is 5.99. The maximum absolute atomic E-state index is 11.0. The van der Waals surface area contributed by atoms with Crippen LogP contribution < -0.4 is 0 Å². The molecule has 21 heavy (non-hydrogen) atoms. The minimum absolute atomic E-state index is 0.0410. The SMILES string of the molecule is N#C[C@@H]1c2nc3ccccc3n2[C@H]2C[C@@]1(O)[C@H]1OC[C@H]2O1. The van der Waals surface area contributed by atoms with Crippen molar-refractivity contribution in [1.29, 1.82) is 5.26 Å². The summed E-state index contributed by atoms with van der Waals surface area (Å²) in [4.78, 5) is 4.60. The largest absolute Gasteiger partial charge is 0.383 e. The highest BCUT2D eigenvalue weighted by Gasteiger charge is 2.62. The minimum atomic E-state index is -1.32. The highest BCUT2D eigenvalue weighted by Crippen LogP contribution is 2.52. The van der Waals surface area contributed by atoms with Gasteiger partial charge in [0.15, 0.2) is 6.29 Å². The fraction of sp³-hybridized carbons (Fsp3) is 0.467. The molecule has 6 nitrogen and oxygen atoms in total. The van der Waals surface area contributed by atoms with Crippen molar-refractivity contribution in [3.8, 4) is 6.07 Å². The first-order valence-electron chi connectivity index (χ1n) is 7.08. The van der Waals surface area contributed by atoms with Gasteiger partial charge < -0.3 is 19.1 Å². The maximum Gasteiger partial charge on any atom is 0.188 e. The molecule has 0 amide bonds. The van der Waals surface area contributed by atoms with E-state index in [9.17, 15) is 10.4 Å². The lowest BCUT2D eigenvalue weighted by molar-refractivity contribution is -0.234. The lowest BCUT2D eigenvalue weighted by atomic mass is 9.76. The molecule has 4 bridgehead atoms. The van der Waals surface area contributed by atoms with Crippen LogP contribution in [0.1, 0.15) is 24.2 Å². The zero-order valence-electron chi connectivity index (χ0n) is 11.1. The third kappa shape index (κ3) is 1.25. The van der Waals surface area contributed by atoms with Crippen molar-refractivity contribution in [2.45, 2.75) is 36.4 Å². The van der Waals surface area contributed by atoms with Gasteiger partial charge in [-0.05, 0) is 12.1 Å². The number of hydrogen-bond acceptors (Lipinski definition) is 5. The number of hydrogen-bond donors (Lipinski definition) is 1. The third-order valence-electron chi connectivity index (χ3n) is 4.93. The Kier molecular flexibility index (Phi) is 2.02. The van der Waals surface area contributed by atoms with Gasteiger partial charge in [0, 0.05) is 6.42 Å². The van der Waals surface area contributed by atoms with Crippen LogP contribution in [0.2, 0.25) is 0 Å². The first kappa shape index (κ1) is 11.7.